The quantitative estimate of drug-likeness (QED) is 0.738. The molecule has 7 nitrogen and oxygen atoms in total. The Morgan fingerprint density at radius 1 is 1.29 bits per heavy atom. The average molecular weight is 324 g/mol. The molecule has 0 aliphatic rings. The molecule has 0 aliphatic carbocycles. The molecule has 0 saturated heterocycles. The van der Waals surface area contributed by atoms with Crippen LogP contribution in [-0.2, 0) is 11.2 Å². The standard InChI is InChI=1S/C17H16N4O3/c1-3-11-7-10(5-6-18-11)15-19-8-12-14(22)13(17(23)24-4-2)9-20-16(12)21-15/h5-9H,3-4H2,1-2H3,(H,19,20,21,22). The topological polar surface area (TPSA) is 97.8 Å². The Morgan fingerprint density at radius 3 is 2.88 bits per heavy atom. The number of carbonyl (C=O) groups excluding carboxylic acids is 1. The lowest BCUT2D eigenvalue weighted by atomic mass is 10.2. The maximum Gasteiger partial charge on any atom is 0.343 e. The number of ether oxygens (including phenoxy) is 1. The van der Waals surface area contributed by atoms with E-state index in [2.05, 4.69) is 19.9 Å². The van der Waals surface area contributed by atoms with E-state index in [1.807, 2.05) is 19.1 Å². The molecule has 24 heavy (non-hydrogen) atoms. The third-order valence-electron chi connectivity index (χ3n) is 3.56. The summed E-state index contributed by atoms with van der Waals surface area (Å²) in [6.45, 7) is 3.90. The van der Waals surface area contributed by atoms with Crippen molar-refractivity contribution in [3.05, 3.63) is 52.2 Å². The summed E-state index contributed by atoms with van der Waals surface area (Å²) in [5, 5.41) is 0.245. The highest BCUT2D eigenvalue weighted by molar-refractivity contribution is 5.92. The van der Waals surface area contributed by atoms with Gasteiger partial charge >= 0.3 is 5.97 Å². The van der Waals surface area contributed by atoms with Crippen molar-refractivity contribution in [2.24, 2.45) is 0 Å². The molecular weight excluding hydrogens is 308 g/mol. The molecule has 7 heteroatoms. The van der Waals surface area contributed by atoms with Crippen LogP contribution in [0, 0.1) is 0 Å². The SMILES string of the molecule is CCOC(=O)c1c[nH]c2nc(-c3ccnc(CC)c3)ncc2c1=O. The van der Waals surface area contributed by atoms with Gasteiger partial charge < -0.3 is 9.72 Å². The Balaban J connectivity index is 2.08. The maximum absolute atomic E-state index is 12.4. The Hall–Kier alpha value is -3.09. The van der Waals surface area contributed by atoms with E-state index >= 15 is 0 Å². The van der Waals surface area contributed by atoms with Crippen molar-refractivity contribution in [2.75, 3.05) is 6.61 Å². The van der Waals surface area contributed by atoms with Crippen molar-refractivity contribution in [2.45, 2.75) is 20.3 Å². The molecule has 1 N–H and O–H groups in total. The molecule has 0 bridgehead atoms. The number of nitrogens with one attached hydrogen (secondary N) is 1. The second-order valence-electron chi connectivity index (χ2n) is 5.10. The van der Waals surface area contributed by atoms with Crippen molar-refractivity contribution >= 4 is 17.0 Å². The molecule has 0 radical (unpaired) electrons. The van der Waals surface area contributed by atoms with E-state index in [9.17, 15) is 9.59 Å². The zero-order valence-corrected chi connectivity index (χ0v) is 13.4. The van der Waals surface area contributed by atoms with Gasteiger partial charge in [-0.2, -0.15) is 0 Å². The number of nitrogens with zero attached hydrogens (tertiary/aromatic N) is 3. The second kappa shape index (κ2) is 6.57. The van der Waals surface area contributed by atoms with E-state index < -0.39 is 11.4 Å². The highest BCUT2D eigenvalue weighted by Crippen LogP contribution is 2.17. The number of pyridine rings is 2. The number of esters is 1. The summed E-state index contributed by atoms with van der Waals surface area (Å²) >= 11 is 0. The molecule has 3 rings (SSSR count). The molecule has 0 spiro atoms. The van der Waals surface area contributed by atoms with Crippen LogP contribution in [0.2, 0.25) is 0 Å². The predicted octanol–water partition coefficient (Wildman–Crippen LogP) is 2.12. The third kappa shape index (κ3) is 2.88. The van der Waals surface area contributed by atoms with Gasteiger partial charge in [0.15, 0.2) is 5.82 Å². The average Bonchev–Trinajstić information content (AvgIpc) is 2.62. The zero-order valence-electron chi connectivity index (χ0n) is 13.4. The van der Waals surface area contributed by atoms with Gasteiger partial charge in [-0.15, -0.1) is 0 Å². The Bertz CT molecular complexity index is 965. The second-order valence-corrected chi connectivity index (χ2v) is 5.10. The van der Waals surface area contributed by atoms with Crippen molar-refractivity contribution in [3.63, 3.8) is 0 Å². The van der Waals surface area contributed by atoms with Gasteiger partial charge in [0, 0.05) is 29.8 Å². The first-order valence-electron chi connectivity index (χ1n) is 7.65. The first-order chi connectivity index (χ1) is 11.6. The number of aromatic nitrogens is 4. The molecule has 0 fully saturated rings. The lowest BCUT2D eigenvalue weighted by molar-refractivity contribution is 0.0524. The number of aromatic amines is 1. The van der Waals surface area contributed by atoms with Crippen LogP contribution >= 0.6 is 0 Å². The minimum absolute atomic E-state index is 0.0575. The molecule has 3 aromatic rings. The minimum atomic E-state index is -0.661. The highest BCUT2D eigenvalue weighted by atomic mass is 16.5. The summed E-state index contributed by atoms with van der Waals surface area (Å²) in [6, 6.07) is 3.72. The van der Waals surface area contributed by atoms with E-state index in [1.165, 1.54) is 12.4 Å². The summed E-state index contributed by atoms with van der Waals surface area (Å²) in [5.74, 6) is -0.175. The first-order valence-corrected chi connectivity index (χ1v) is 7.65. The highest BCUT2D eigenvalue weighted by Gasteiger charge is 2.15. The predicted molar refractivity (Wildman–Crippen MR) is 88.7 cm³/mol. The van der Waals surface area contributed by atoms with Crippen LogP contribution in [0.1, 0.15) is 29.9 Å². The van der Waals surface area contributed by atoms with Crippen molar-refractivity contribution in [1.82, 2.24) is 19.9 Å². The van der Waals surface area contributed by atoms with Gasteiger partial charge in [-0.3, -0.25) is 9.78 Å². The fraction of sp³-hybridized carbons (Fsp3) is 0.235. The monoisotopic (exact) mass is 324 g/mol. The van der Waals surface area contributed by atoms with E-state index in [4.69, 9.17) is 4.74 Å². The van der Waals surface area contributed by atoms with Crippen molar-refractivity contribution in [1.29, 1.82) is 0 Å². The van der Waals surface area contributed by atoms with Crippen molar-refractivity contribution < 1.29 is 9.53 Å². The number of aryl methyl sites for hydroxylation is 1. The molecular formula is C17H16N4O3. The molecule has 0 amide bonds. The third-order valence-corrected chi connectivity index (χ3v) is 3.56. The van der Waals surface area contributed by atoms with Crippen LogP contribution in [0.15, 0.2) is 35.5 Å². The Kier molecular flexibility index (Phi) is 4.33. The van der Waals surface area contributed by atoms with Gasteiger partial charge in [0.1, 0.15) is 11.2 Å². The smallest absolute Gasteiger partial charge is 0.343 e. The van der Waals surface area contributed by atoms with Gasteiger partial charge in [-0.1, -0.05) is 6.92 Å². The number of carbonyl (C=O) groups is 1. The lowest BCUT2D eigenvalue weighted by Gasteiger charge is -2.05. The normalized spacial score (nSPS) is 10.8. The van der Waals surface area contributed by atoms with Gasteiger partial charge in [0.05, 0.1) is 12.0 Å². The van der Waals surface area contributed by atoms with Crippen LogP contribution in [0.25, 0.3) is 22.4 Å². The molecule has 0 atom stereocenters. The van der Waals surface area contributed by atoms with E-state index in [0.29, 0.717) is 11.5 Å². The lowest BCUT2D eigenvalue weighted by Crippen LogP contribution is -2.18. The molecule has 122 valence electrons. The Labute approximate surface area is 137 Å². The fourth-order valence-corrected chi connectivity index (χ4v) is 2.32. The van der Waals surface area contributed by atoms with Crippen molar-refractivity contribution in [3.8, 4) is 11.4 Å². The first kappa shape index (κ1) is 15.8. The summed E-state index contributed by atoms with van der Waals surface area (Å²) in [5.41, 5.74) is 1.62. The number of rotatable bonds is 4. The molecule has 0 aromatic carbocycles. The number of hydrogen-bond acceptors (Lipinski definition) is 6. The largest absolute Gasteiger partial charge is 0.462 e. The molecule has 0 saturated carbocycles. The van der Waals surface area contributed by atoms with Gasteiger partial charge in [0.2, 0.25) is 5.43 Å². The number of H-pyrrole nitrogens is 1. The number of fused-ring (bicyclic) bond motifs is 1. The summed E-state index contributed by atoms with van der Waals surface area (Å²) in [4.78, 5) is 39.9. The van der Waals surface area contributed by atoms with Crippen LogP contribution < -0.4 is 5.43 Å². The van der Waals surface area contributed by atoms with Crippen LogP contribution in [-0.4, -0.2) is 32.5 Å². The summed E-state index contributed by atoms with van der Waals surface area (Å²) in [7, 11) is 0. The van der Waals surface area contributed by atoms with Gasteiger partial charge in [-0.05, 0) is 25.5 Å². The Morgan fingerprint density at radius 2 is 2.12 bits per heavy atom. The number of hydrogen-bond donors (Lipinski definition) is 1. The maximum atomic E-state index is 12.4. The zero-order chi connectivity index (χ0) is 17.1. The fourth-order valence-electron chi connectivity index (χ4n) is 2.32. The van der Waals surface area contributed by atoms with E-state index in [0.717, 1.165) is 17.7 Å². The molecule has 0 aliphatic heterocycles. The summed E-state index contributed by atoms with van der Waals surface area (Å²) < 4.78 is 4.87. The van der Waals surface area contributed by atoms with Crippen LogP contribution in [0.4, 0.5) is 0 Å². The molecule has 3 aromatic heterocycles. The molecule has 3 heterocycles. The van der Waals surface area contributed by atoms with E-state index in [1.54, 1.807) is 13.1 Å². The van der Waals surface area contributed by atoms with Gasteiger partial charge in [0.25, 0.3) is 0 Å². The van der Waals surface area contributed by atoms with E-state index in [-0.39, 0.29) is 17.6 Å². The van der Waals surface area contributed by atoms with Crippen LogP contribution in [0.3, 0.4) is 0 Å². The minimum Gasteiger partial charge on any atom is -0.462 e. The van der Waals surface area contributed by atoms with Crippen LogP contribution in [0.5, 0.6) is 0 Å². The van der Waals surface area contributed by atoms with Gasteiger partial charge in [-0.25, -0.2) is 14.8 Å². The molecule has 0 unspecified atom stereocenters. The summed E-state index contributed by atoms with van der Waals surface area (Å²) in [6.07, 6.45) is 5.25.